The average Bonchev–Trinajstić information content (AvgIpc) is 2.82. The molecule has 0 aliphatic heterocycles. The lowest BCUT2D eigenvalue weighted by molar-refractivity contribution is 0.542. The molecule has 0 aliphatic carbocycles. The molecule has 0 amide bonds. The Morgan fingerprint density at radius 3 is 2.70 bits per heavy atom. The summed E-state index contributed by atoms with van der Waals surface area (Å²) in [5.74, 6) is 5.70. The first kappa shape index (κ1) is 12.8. The Hall–Kier alpha value is -2.24. The maximum Gasteiger partial charge on any atom is 0.0722 e. The minimum atomic E-state index is 0.0244. The molecule has 1 aromatic carbocycles. The summed E-state index contributed by atoms with van der Waals surface area (Å²) < 4.78 is 1.91. The fourth-order valence-electron chi connectivity index (χ4n) is 2.50. The van der Waals surface area contributed by atoms with Crippen LogP contribution in [0.15, 0.2) is 48.8 Å². The summed E-state index contributed by atoms with van der Waals surface area (Å²) in [4.78, 5) is 4.03. The molecule has 0 radical (unpaired) electrons. The minimum Gasteiger partial charge on any atom is -0.271 e. The van der Waals surface area contributed by atoms with E-state index in [2.05, 4.69) is 27.6 Å². The number of pyridine rings is 1. The summed E-state index contributed by atoms with van der Waals surface area (Å²) in [5, 5.41) is 5.78. The van der Waals surface area contributed by atoms with Crippen molar-refractivity contribution in [2.75, 3.05) is 0 Å². The number of nitrogens with one attached hydrogen (secondary N) is 1. The Bertz CT molecular complexity index is 705. The zero-order chi connectivity index (χ0) is 13.9. The molecule has 1 atom stereocenters. The van der Waals surface area contributed by atoms with E-state index < -0.39 is 0 Å². The largest absolute Gasteiger partial charge is 0.271 e. The lowest BCUT2D eigenvalue weighted by Gasteiger charge is -2.14. The van der Waals surface area contributed by atoms with Crippen molar-refractivity contribution >= 4 is 10.9 Å². The van der Waals surface area contributed by atoms with Crippen molar-refractivity contribution in [3.05, 3.63) is 60.0 Å². The van der Waals surface area contributed by atoms with Gasteiger partial charge in [-0.1, -0.05) is 18.2 Å². The summed E-state index contributed by atoms with van der Waals surface area (Å²) in [6, 6.07) is 12.2. The van der Waals surface area contributed by atoms with E-state index in [0.29, 0.717) is 0 Å². The highest BCUT2D eigenvalue weighted by molar-refractivity contribution is 5.81. The van der Waals surface area contributed by atoms with E-state index >= 15 is 0 Å². The smallest absolute Gasteiger partial charge is 0.0722 e. The maximum absolute atomic E-state index is 5.70. The number of hydrogen-bond donors (Lipinski definition) is 2. The Kier molecular flexibility index (Phi) is 3.45. The molecule has 0 spiro atoms. The van der Waals surface area contributed by atoms with Crippen molar-refractivity contribution in [1.82, 2.24) is 20.2 Å². The molecule has 0 fully saturated rings. The first-order valence-electron chi connectivity index (χ1n) is 6.56. The van der Waals surface area contributed by atoms with Crippen LogP contribution >= 0.6 is 0 Å². The summed E-state index contributed by atoms with van der Waals surface area (Å²) in [6.07, 6.45) is 4.29. The lowest BCUT2D eigenvalue weighted by Crippen LogP contribution is -2.29. The van der Waals surface area contributed by atoms with Crippen molar-refractivity contribution < 1.29 is 0 Å². The number of aryl methyl sites for hydroxylation is 1. The van der Waals surface area contributed by atoms with Crippen molar-refractivity contribution in [2.45, 2.75) is 12.5 Å². The van der Waals surface area contributed by atoms with Crippen LogP contribution in [0, 0.1) is 0 Å². The highest BCUT2D eigenvalue weighted by Crippen LogP contribution is 2.23. The van der Waals surface area contributed by atoms with Crippen LogP contribution in [0.4, 0.5) is 0 Å². The summed E-state index contributed by atoms with van der Waals surface area (Å²) in [6.45, 7) is 0. The molecular formula is C15H17N5. The molecule has 0 saturated carbocycles. The van der Waals surface area contributed by atoms with Gasteiger partial charge in [0.2, 0.25) is 0 Å². The third-order valence-corrected chi connectivity index (χ3v) is 3.54. The molecule has 3 aromatic rings. The second kappa shape index (κ2) is 5.40. The van der Waals surface area contributed by atoms with E-state index in [4.69, 9.17) is 5.84 Å². The van der Waals surface area contributed by atoms with Crippen molar-refractivity contribution in [3.63, 3.8) is 0 Å². The van der Waals surface area contributed by atoms with Gasteiger partial charge in [-0.05, 0) is 23.8 Å². The number of rotatable bonds is 4. The monoisotopic (exact) mass is 267 g/mol. The number of fused-ring (bicyclic) bond motifs is 1. The Morgan fingerprint density at radius 2 is 1.95 bits per heavy atom. The van der Waals surface area contributed by atoms with Gasteiger partial charge in [0.05, 0.1) is 17.3 Å². The number of hydrazine groups is 1. The highest BCUT2D eigenvalue weighted by Gasteiger charge is 2.15. The Morgan fingerprint density at radius 1 is 1.20 bits per heavy atom. The maximum atomic E-state index is 5.70. The minimum absolute atomic E-state index is 0.0244. The number of aromatic nitrogens is 3. The van der Waals surface area contributed by atoms with Crippen LogP contribution in [0.25, 0.3) is 10.9 Å². The number of para-hydroxylation sites is 1. The van der Waals surface area contributed by atoms with E-state index in [1.807, 2.05) is 36.0 Å². The van der Waals surface area contributed by atoms with Crippen LogP contribution in [-0.4, -0.2) is 14.8 Å². The van der Waals surface area contributed by atoms with Gasteiger partial charge in [0.15, 0.2) is 0 Å². The van der Waals surface area contributed by atoms with Crippen LogP contribution in [0.1, 0.15) is 17.3 Å². The molecule has 5 nitrogen and oxygen atoms in total. The van der Waals surface area contributed by atoms with Crippen LogP contribution in [-0.2, 0) is 13.5 Å². The number of benzene rings is 1. The standard InChI is InChI=1S/C15H17N5/c1-20-15-5-3-2-4-12(15)14(19-20)10-13(18-16)11-6-8-17-9-7-11/h2-9,13,18H,10,16H2,1H3. The molecule has 1 unspecified atom stereocenters. The normalized spacial score (nSPS) is 12.7. The summed E-state index contributed by atoms with van der Waals surface area (Å²) in [7, 11) is 1.96. The average molecular weight is 267 g/mol. The quantitative estimate of drug-likeness (QED) is 0.558. The molecule has 0 bridgehead atoms. The van der Waals surface area contributed by atoms with Crippen LogP contribution in [0.3, 0.4) is 0 Å². The molecule has 3 N–H and O–H groups in total. The van der Waals surface area contributed by atoms with E-state index in [0.717, 1.165) is 23.2 Å². The molecule has 0 aliphatic rings. The number of hydrogen-bond acceptors (Lipinski definition) is 4. The predicted octanol–water partition coefficient (Wildman–Crippen LogP) is 1.72. The molecule has 0 saturated heterocycles. The van der Waals surface area contributed by atoms with Gasteiger partial charge in [-0.3, -0.25) is 20.9 Å². The zero-order valence-corrected chi connectivity index (χ0v) is 11.3. The first-order chi connectivity index (χ1) is 9.79. The Labute approximate surface area is 117 Å². The molecule has 2 aromatic heterocycles. The third kappa shape index (κ3) is 2.29. The molecule has 3 rings (SSSR count). The number of nitrogens with zero attached hydrogens (tertiary/aromatic N) is 3. The highest BCUT2D eigenvalue weighted by atomic mass is 15.3. The summed E-state index contributed by atoms with van der Waals surface area (Å²) in [5.41, 5.74) is 6.15. The van der Waals surface area contributed by atoms with Gasteiger partial charge in [-0.25, -0.2) is 0 Å². The molecule has 5 heteroatoms. The fourth-order valence-corrected chi connectivity index (χ4v) is 2.50. The first-order valence-corrected chi connectivity index (χ1v) is 6.56. The van der Waals surface area contributed by atoms with Gasteiger partial charge >= 0.3 is 0 Å². The van der Waals surface area contributed by atoms with Crippen molar-refractivity contribution in [3.8, 4) is 0 Å². The van der Waals surface area contributed by atoms with Gasteiger partial charge in [0.1, 0.15) is 0 Å². The third-order valence-electron chi connectivity index (χ3n) is 3.54. The topological polar surface area (TPSA) is 68.8 Å². The molecule has 20 heavy (non-hydrogen) atoms. The van der Waals surface area contributed by atoms with E-state index in [1.54, 1.807) is 12.4 Å². The van der Waals surface area contributed by atoms with Crippen LogP contribution < -0.4 is 11.3 Å². The van der Waals surface area contributed by atoms with Gasteiger partial charge in [0, 0.05) is 31.2 Å². The lowest BCUT2D eigenvalue weighted by atomic mass is 10.0. The van der Waals surface area contributed by atoms with E-state index in [-0.39, 0.29) is 6.04 Å². The molecule has 102 valence electrons. The van der Waals surface area contributed by atoms with Gasteiger partial charge in [-0.2, -0.15) is 5.10 Å². The Balaban J connectivity index is 1.96. The molecular weight excluding hydrogens is 250 g/mol. The SMILES string of the molecule is Cn1nc(CC(NN)c2ccncc2)c2ccccc21. The van der Waals surface area contributed by atoms with E-state index in [9.17, 15) is 0 Å². The molecule has 2 heterocycles. The van der Waals surface area contributed by atoms with Gasteiger partial charge in [0.25, 0.3) is 0 Å². The fraction of sp³-hybridized carbons (Fsp3) is 0.200. The summed E-state index contributed by atoms with van der Waals surface area (Å²) >= 11 is 0. The van der Waals surface area contributed by atoms with Gasteiger partial charge in [-0.15, -0.1) is 0 Å². The van der Waals surface area contributed by atoms with E-state index in [1.165, 1.54) is 5.39 Å². The zero-order valence-electron chi connectivity index (χ0n) is 11.3. The van der Waals surface area contributed by atoms with Gasteiger partial charge < -0.3 is 0 Å². The second-order valence-electron chi connectivity index (χ2n) is 4.79. The predicted molar refractivity (Wildman–Crippen MR) is 78.7 cm³/mol. The second-order valence-corrected chi connectivity index (χ2v) is 4.79. The van der Waals surface area contributed by atoms with Crippen molar-refractivity contribution in [1.29, 1.82) is 0 Å². The van der Waals surface area contributed by atoms with Crippen molar-refractivity contribution in [2.24, 2.45) is 12.9 Å². The van der Waals surface area contributed by atoms with Crippen LogP contribution in [0.2, 0.25) is 0 Å². The number of nitrogens with two attached hydrogens (primary N) is 1. The van der Waals surface area contributed by atoms with Crippen LogP contribution in [0.5, 0.6) is 0 Å².